The van der Waals surface area contributed by atoms with Crippen molar-refractivity contribution in [1.82, 2.24) is 14.4 Å². The SMILES string of the molecule is CCc1c(C)nc2cncn2c1C. The minimum Gasteiger partial charge on any atom is -0.288 e. The second kappa shape index (κ2) is 2.83. The van der Waals surface area contributed by atoms with Crippen LogP contribution in [0.1, 0.15) is 23.9 Å². The van der Waals surface area contributed by atoms with Crippen LogP contribution in [0.5, 0.6) is 0 Å². The highest BCUT2D eigenvalue weighted by atomic mass is 15.1. The second-order valence-electron chi connectivity index (χ2n) is 3.24. The van der Waals surface area contributed by atoms with Crippen molar-refractivity contribution in [3.63, 3.8) is 0 Å². The molecule has 68 valence electrons. The number of nitrogens with zero attached hydrogens (tertiary/aromatic N) is 3. The lowest BCUT2D eigenvalue weighted by Gasteiger charge is -2.08. The van der Waals surface area contributed by atoms with Gasteiger partial charge < -0.3 is 0 Å². The van der Waals surface area contributed by atoms with Crippen molar-refractivity contribution in [2.75, 3.05) is 0 Å². The van der Waals surface area contributed by atoms with Gasteiger partial charge in [-0.25, -0.2) is 9.97 Å². The molecule has 0 aliphatic carbocycles. The summed E-state index contributed by atoms with van der Waals surface area (Å²) in [6, 6.07) is 0. The Morgan fingerprint density at radius 1 is 1.38 bits per heavy atom. The van der Waals surface area contributed by atoms with Gasteiger partial charge in [0.15, 0.2) is 5.65 Å². The zero-order valence-corrected chi connectivity index (χ0v) is 8.20. The zero-order chi connectivity index (χ0) is 9.42. The summed E-state index contributed by atoms with van der Waals surface area (Å²) in [6.45, 7) is 6.32. The van der Waals surface area contributed by atoms with E-state index in [9.17, 15) is 0 Å². The monoisotopic (exact) mass is 175 g/mol. The molecule has 0 spiro atoms. The van der Waals surface area contributed by atoms with Crippen molar-refractivity contribution < 1.29 is 0 Å². The number of imidazole rings is 1. The van der Waals surface area contributed by atoms with Crippen LogP contribution in [0.3, 0.4) is 0 Å². The van der Waals surface area contributed by atoms with Gasteiger partial charge in [-0.2, -0.15) is 0 Å². The third-order valence-electron chi connectivity index (χ3n) is 2.49. The summed E-state index contributed by atoms with van der Waals surface area (Å²) in [5.41, 5.74) is 4.63. The van der Waals surface area contributed by atoms with E-state index in [2.05, 4.69) is 30.7 Å². The van der Waals surface area contributed by atoms with Crippen LogP contribution >= 0.6 is 0 Å². The fourth-order valence-corrected chi connectivity index (χ4v) is 1.79. The molecule has 2 aromatic rings. The van der Waals surface area contributed by atoms with Gasteiger partial charge in [-0.15, -0.1) is 0 Å². The van der Waals surface area contributed by atoms with Crippen LogP contribution in [0.2, 0.25) is 0 Å². The van der Waals surface area contributed by atoms with Crippen molar-refractivity contribution in [2.24, 2.45) is 0 Å². The first-order chi connectivity index (χ1) is 6.24. The van der Waals surface area contributed by atoms with E-state index in [1.54, 1.807) is 6.20 Å². The Bertz CT molecular complexity index is 443. The van der Waals surface area contributed by atoms with Gasteiger partial charge in [-0.3, -0.25) is 4.40 Å². The molecule has 0 saturated carbocycles. The van der Waals surface area contributed by atoms with Crippen molar-refractivity contribution in [3.05, 3.63) is 29.5 Å². The molecule has 0 unspecified atom stereocenters. The summed E-state index contributed by atoms with van der Waals surface area (Å²) < 4.78 is 2.03. The largest absolute Gasteiger partial charge is 0.288 e. The zero-order valence-electron chi connectivity index (χ0n) is 8.20. The molecule has 0 radical (unpaired) electrons. The van der Waals surface area contributed by atoms with E-state index >= 15 is 0 Å². The Morgan fingerprint density at radius 2 is 2.15 bits per heavy atom. The minimum atomic E-state index is 0.937. The van der Waals surface area contributed by atoms with E-state index in [1.165, 1.54) is 11.3 Å². The number of hydrogen-bond donors (Lipinski definition) is 0. The summed E-state index contributed by atoms with van der Waals surface area (Å²) >= 11 is 0. The van der Waals surface area contributed by atoms with Crippen LogP contribution in [0.15, 0.2) is 12.5 Å². The Balaban J connectivity index is 2.85. The quantitative estimate of drug-likeness (QED) is 0.662. The Morgan fingerprint density at radius 3 is 2.85 bits per heavy atom. The molecule has 0 N–H and O–H groups in total. The first kappa shape index (κ1) is 8.23. The van der Waals surface area contributed by atoms with Crippen LogP contribution in [0.25, 0.3) is 5.65 Å². The van der Waals surface area contributed by atoms with Gasteiger partial charge in [-0.05, 0) is 25.8 Å². The number of aryl methyl sites for hydroxylation is 2. The lowest BCUT2D eigenvalue weighted by atomic mass is 10.1. The lowest BCUT2D eigenvalue weighted by molar-refractivity contribution is 0.936. The molecule has 13 heavy (non-hydrogen) atoms. The average Bonchev–Trinajstić information content (AvgIpc) is 2.53. The van der Waals surface area contributed by atoms with Crippen LogP contribution in [0, 0.1) is 13.8 Å². The smallest absolute Gasteiger partial charge is 0.156 e. The minimum absolute atomic E-state index is 0.937. The number of rotatable bonds is 1. The van der Waals surface area contributed by atoms with E-state index in [4.69, 9.17) is 0 Å². The maximum Gasteiger partial charge on any atom is 0.156 e. The topological polar surface area (TPSA) is 30.2 Å². The molecule has 0 fully saturated rings. The molecule has 2 rings (SSSR count). The highest BCUT2D eigenvalue weighted by Gasteiger charge is 2.06. The molecule has 2 heterocycles. The van der Waals surface area contributed by atoms with Gasteiger partial charge in [-0.1, -0.05) is 6.92 Å². The van der Waals surface area contributed by atoms with Gasteiger partial charge in [0, 0.05) is 11.4 Å². The predicted octanol–water partition coefficient (Wildman–Crippen LogP) is 1.91. The Labute approximate surface area is 77.4 Å². The standard InChI is InChI=1S/C10H13N3/c1-4-9-7(2)12-10-5-11-6-13(10)8(9)3/h5-6H,4H2,1-3H3. The summed E-state index contributed by atoms with van der Waals surface area (Å²) in [5, 5.41) is 0. The molecule has 2 aromatic heterocycles. The van der Waals surface area contributed by atoms with Crippen molar-refractivity contribution >= 4 is 5.65 Å². The van der Waals surface area contributed by atoms with E-state index in [-0.39, 0.29) is 0 Å². The molecule has 3 heteroatoms. The van der Waals surface area contributed by atoms with E-state index in [0.717, 1.165) is 17.8 Å². The van der Waals surface area contributed by atoms with Crippen molar-refractivity contribution in [2.45, 2.75) is 27.2 Å². The molecule has 0 amide bonds. The molecular weight excluding hydrogens is 162 g/mol. The average molecular weight is 175 g/mol. The maximum atomic E-state index is 4.47. The third kappa shape index (κ3) is 1.11. The van der Waals surface area contributed by atoms with Gasteiger partial charge in [0.2, 0.25) is 0 Å². The fraction of sp³-hybridized carbons (Fsp3) is 0.400. The summed E-state index contributed by atoms with van der Waals surface area (Å²) in [5.74, 6) is 0. The van der Waals surface area contributed by atoms with E-state index < -0.39 is 0 Å². The molecule has 0 aromatic carbocycles. The van der Waals surface area contributed by atoms with Crippen LogP contribution in [0.4, 0.5) is 0 Å². The highest BCUT2D eigenvalue weighted by molar-refractivity contribution is 5.41. The number of hydrogen-bond acceptors (Lipinski definition) is 2. The lowest BCUT2D eigenvalue weighted by Crippen LogP contribution is -2.02. The van der Waals surface area contributed by atoms with Crippen LogP contribution in [-0.2, 0) is 6.42 Å². The van der Waals surface area contributed by atoms with Crippen molar-refractivity contribution in [3.8, 4) is 0 Å². The predicted molar refractivity (Wildman–Crippen MR) is 51.8 cm³/mol. The number of aromatic nitrogens is 3. The van der Waals surface area contributed by atoms with Gasteiger partial charge in [0.25, 0.3) is 0 Å². The number of fused-ring (bicyclic) bond motifs is 1. The molecule has 0 bridgehead atoms. The summed E-state index contributed by atoms with van der Waals surface area (Å²) in [4.78, 5) is 8.55. The first-order valence-corrected chi connectivity index (χ1v) is 4.52. The Kier molecular flexibility index (Phi) is 1.79. The van der Waals surface area contributed by atoms with Crippen molar-refractivity contribution in [1.29, 1.82) is 0 Å². The van der Waals surface area contributed by atoms with Gasteiger partial charge in [0.1, 0.15) is 6.33 Å². The second-order valence-corrected chi connectivity index (χ2v) is 3.24. The molecule has 0 aliphatic rings. The molecule has 0 atom stereocenters. The maximum absolute atomic E-state index is 4.47. The Hall–Kier alpha value is -1.38. The van der Waals surface area contributed by atoms with Crippen LogP contribution in [-0.4, -0.2) is 14.4 Å². The van der Waals surface area contributed by atoms with E-state index in [0.29, 0.717) is 0 Å². The van der Waals surface area contributed by atoms with E-state index in [1.807, 2.05) is 10.7 Å². The molecular formula is C10H13N3. The first-order valence-electron chi connectivity index (χ1n) is 4.52. The van der Waals surface area contributed by atoms with Gasteiger partial charge in [0.05, 0.1) is 6.20 Å². The highest BCUT2D eigenvalue weighted by Crippen LogP contribution is 2.14. The third-order valence-corrected chi connectivity index (χ3v) is 2.49. The summed E-state index contributed by atoms with van der Waals surface area (Å²) in [6.07, 6.45) is 4.63. The molecule has 0 saturated heterocycles. The van der Waals surface area contributed by atoms with Gasteiger partial charge >= 0.3 is 0 Å². The summed E-state index contributed by atoms with van der Waals surface area (Å²) in [7, 11) is 0. The molecule has 3 nitrogen and oxygen atoms in total. The normalized spacial score (nSPS) is 11.0. The molecule has 0 aliphatic heterocycles. The van der Waals surface area contributed by atoms with Crippen LogP contribution < -0.4 is 0 Å². The fourth-order valence-electron chi connectivity index (χ4n) is 1.79.